The summed E-state index contributed by atoms with van der Waals surface area (Å²) in [6, 6.07) is 0. The molecule has 1 aliphatic heterocycles. The molecular formula is C15H24O2. The fourth-order valence-electron chi connectivity index (χ4n) is 4.91. The first-order valence-electron chi connectivity index (χ1n) is 7.25. The fraction of sp³-hybridized carbons (Fsp3) is 0.933. The second-order valence-corrected chi connectivity index (χ2v) is 6.73. The number of carbonyl (C=O) groups is 1. The summed E-state index contributed by atoms with van der Waals surface area (Å²) < 4.78 is 5.55. The van der Waals surface area contributed by atoms with Crippen molar-refractivity contribution in [1.29, 1.82) is 0 Å². The van der Waals surface area contributed by atoms with E-state index >= 15 is 0 Å². The minimum atomic E-state index is 0.0795. The van der Waals surface area contributed by atoms with E-state index in [2.05, 4.69) is 20.8 Å². The van der Waals surface area contributed by atoms with Gasteiger partial charge in [-0.15, -0.1) is 0 Å². The number of fused-ring (bicyclic) bond motifs is 2. The molecule has 0 aromatic rings. The Hall–Kier alpha value is -0.530. The summed E-state index contributed by atoms with van der Waals surface area (Å²) in [5.74, 6) is 2.51. The van der Waals surface area contributed by atoms with E-state index in [1.54, 1.807) is 0 Å². The van der Waals surface area contributed by atoms with Crippen LogP contribution in [0, 0.1) is 29.1 Å². The molecule has 0 bridgehead atoms. The second kappa shape index (κ2) is 3.73. The van der Waals surface area contributed by atoms with Crippen LogP contribution < -0.4 is 0 Å². The van der Waals surface area contributed by atoms with Crippen molar-refractivity contribution in [2.45, 2.75) is 59.0 Å². The van der Waals surface area contributed by atoms with Crippen LogP contribution in [0.4, 0.5) is 0 Å². The van der Waals surface area contributed by atoms with Gasteiger partial charge in [-0.1, -0.05) is 33.1 Å². The Bertz CT molecular complexity index is 338. The lowest BCUT2D eigenvalue weighted by atomic mass is 9.51. The van der Waals surface area contributed by atoms with Crippen LogP contribution in [0.3, 0.4) is 0 Å². The summed E-state index contributed by atoms with van der Waals surface area (Å²) in [7, 11) is 0. The minimum Gasteiger partial charge on any atom is -0.462 e. The highest BCUT2D eigenvalue weighted by atomic mass is 16.6. The number of esters is 1. The van der Waals surface area contributed by atoms with E-state index in [0.29, 0.717) is 5.92 Å². The Morgan fingerprint density at radius 1 is 1.24 bits per heavy atom. The molecule has 96 valence electrons. The van der Waals surface area contributed by atoms with Gasteiger partial charge in [-0.3, -0.25) is 4.79 Å². The van der Waals surface area contributed by atoms with Gasteiger partial charge in [0.05, 0.1) is 5.92 Å². The van der Waals surface area contributed by atoms with Crippen molar-refractivity contribution in [3.8, 4) is 0 Å². The summed E-state index contributed by atoms with van der Waals surface area (Å²) >= 11 is 0. The van der Waals surface area contributed by atoms with Gasteiger partial charge in [0.15, 0.2) is 0 Å². The third kappa shape index (κ3) is 1.42. The number of cyclic esters (lactones) is 1. The van der Waals surface area contributed by atoms with Crippen LogP contribution in [0.15, 0.2) is 0 Å². The van der Waals surface area contributed by atoms with E-state index < -0.39 is 0 Å². The Labute approximate surface area is 104 Å². The van der Waals surface area contributed by atoms with Crippen LogP contribution in [0.2, 0.25) is 0 Å². The van der Waals surface area contributed by atoms with Crippen molar-refractivity contribution >= 4 is 5.97 Å². The molecule has 2 aliphatic carbocycles. The van der Waals surface area contributed by atoms with Gasteiger partial charge in [0.2, 0.25) is 0 Å². The van der Waals surface area contributed by atoms with Crippen LogP contribution in [-0.2, 0) is 9.53 Å². The number of rotatable bonds is 0. The number of hydrogen-bond donors (Lipinski definition) is 0. The van der Waals surface area contributed by atoms with E-state index in [1.807, 2.05) is 0 Å². The largest absolute Gasteiger partial charge is 0.462 e. The first-order chi connectivity index (χ1) is 8.05. The van der Waals surface area contributed by atoms with Crippen molar-refractivity contribution in [2.75, 3.05) is 0 Å². The third-order valence-corrected chi connectivity index (χ3v) is 6.33. The molecular weight excluding hydrogens is 212 g/mol. The Morgan fingerprint density at radius 2 is 1.94 bits per heavy atom. The predicted molar refractivity (Wildman–Crippen MR) is 66.4 cm³/mol. The van der Waals surface area contributed by atoms with Crippen LogP contribution in [0.25, 0.3) is 0 Å². The minimum absolute atomic E-state index is 0.0795. The molecule has 3 aliphatic rings. The summed E-state index contributed by atoms with van der Waals surface area (Å²) in [5, 5.41) is 0. The monoisotopic (exact) mass is 236 g/mol. The normalized spacial score (nSPS) is 53.8. The average molecular weight is 236 g/mol. The Morgan fingerprint density at radius 3 is 2.71 bits per heavy atom. The maximum absolute atomic E-state index is 12.0. The molecule has 0 N–H and O–H groups in total. The first kappa shape index (κ1) is 11.6. The SMILES string of the molecule is CC1[C@@H]2CCCC[C@@H]2CC2C(=O)O[C@@H](C)C21C. The lowest BCUT2D eigenvalue weighted by Crippen LogP contribution is -2.49. The summed E-state index contributed by atoms with van der Waals surface area (Å²) in [5.41, 5.74) is 0.0928. The van der Waals surface area contributed by atoms with Crippen LogP contribution >= 0.6 is 0 Å². The smallest absolute Gasteiger partial charge is 0.309 e. The zero-order chi connectivity index (χ0) is 12.2. The van der Waals surface area contributed by atoms with Crippen molar-refractivity contribution in [3.63, 3.8) is 0 Å². The number of carbonyl (C=O) groups excluding carboxylic acids is 1. The van der Waals surface area contributed by atoms with Gasteiger partial charge in [0, 0.05) is 5.41 Å². The fourth-order valence-corrected chi connectivity index (χ4v) is 4.91. The molecule has 2 saturated carbocycles. The maximum Gasteiger partial charge on any atom is 0.309 e. The van der Waals surface area contributed by atoms with Crippen molar-refractivity contribution in [3.05, 3.63) is 0 Å². The Kier molecular flexibility index (Phi) is 2.53. The molecule has 0 amide bonds. The summed E-state index contributed by atoms with van der Waals surface area (Å²) in [6.07, 6.45) is 6.66. The van der Waals surface area contributed by atoms with E-state index in [4.69, 9.17) is 4.74 Å². The molecule has 2 nitrogen and oxygen atoms in total. The molecule has 0 spiro atoms. The molecule has 3 rings (SSSR count). The van der Waals surface area contributed by atoms with Crippen LogP contribution in [-0.4, -0.2) is 12.1 Å². The zero-order valence-electron chi connectivity index (χ0n) is 11.2. The quantitative estimate of drug-likeness (QED) is 0.603. The summed E-state index contributed by atoms with van der Waals surface area (Å²) in [6.45, 7) is 6.76. The predicted octanol–water partition coefficient (Wildman–Crippen LogP) is 3.40. The van der Waals surface area contributed by atoms with Gasteiger partial charge < -0.3 is 4.74 Å². The molecule has 3 unspecified atom stereocenters. The van der Waals surface area contributed by atoms with Crippen molar-refractivity contribution < 1.29 is 9.53 Å². The van der Waals surface area contributed by atoms with Gasteiger partial charge in [0.1, 0.15) is 6.10 Å². The third-order valence-electron chi connectivity index (χ3n) is 6.33. The maximum atomic E-state index is 12.0. The molecule has 0 aromatic heterocycles. The molecule has 1 saturated heterocycles. The zero-order valence-corrected chi connectivity index (χ0v) is 11.2. The molecule has 0 aromatic carbocycles. The van der Waals surface area contributed by atoms with E-state index in [9.17, 15) is 4.79 Å². The van der Waals surface area contributed by atoms with Gasteiger partial charge in [-0.05, 0) is 37.5 Å². The molecule has 6 atom stereocenters. The standard InChI is InChI=1S/C15H24O2/c1-9-12-7-5-4-6-11(12)8-13-14(16)17-10(2)15(9,13)3/h9-13H,4-8H2,1-3H3/t9?,10-,11+,12-,13?,15?/m0/s1. The van der Waals surface area contributed by atoms with Crippen molar-refractivity contribution in [2.24, 2.45) is 29.1 Å². The highest BCUT2D eigenvalue weighted by molar-refractivity contribution is 5.76. The highest BCUT2D eigenvalue weighted by Gasteiger charge is 2.60. The molecule has 3 fully saturated rings. The van der Waals surface area contributed by atoms with Gasteiger partial charge in [0.25, 0.3) is 0 Å². The van der Waals surface area contributed by atoms with Crippen LogP contribution in [0.5, 0.6) is 0 Å². The van der Waals surface area contributed by atoms with E-state index in [0.717, 1.165) is 18.3 Å². The second-order valence-electron chi connectivity index (χ2n) is 6.73. The number of hydrogen-bond acceptors (Lipinski definition) is 2. The number of ether oxygens (including phenoxy) is 1. The lowest BCUT2D eigenvalue weighted by molar-refractivity contribution is -0.144. The lowest BCUT2D eigenvalue weighted by Gasteiger charge is -2.51. The van der Waals surface area contributed by atoms with Crippen molar-refractivity contribution in [1.82, 2.24) is 0 Å². The molecule has 2 heteroatoms. The molecule has 0 radical (unpaired) electrons. The van der Waals surface area contributed by atoms with Crippen LogP contribution in [0.1, 0.15) is 52.9 Å². The van der Waals surface area contributed by atoms with Gasteiger partial charge in [-0.25, -0.2) is 0 Å². The average Bonchev–Trinajstić information content (AvgIpc) is 2.54. The topological polar surface area (TPSA) is 26.3 Å². The van der Waals surface area contributed by atoms with E-state index in [1.165, 1.54) is 25.7 Å². The van der Waals surface area contributed by atoms with Gasteiger partial charge in [-0.2, -0.15) is 0 Å². The first-order valence-corrected chi connectivity index (χ1v) is 7.25. The van der Waals surface area contributed by atoms with Gasteiger partial charge >= 0.3 is 5.97 Å². The summed E-state index contributed by atoms with van der Waals surface area (Å²) in [4.78, 5) is 12.0. The highest BCUT2D eigenvalue weighted by Crippen LogP contribution is 2.59. The Balaban J connectivity index is 1.94. The molecule has 17 heavy (non-hydrogen) atoms. The van der Waals surface area contributed by atoms with E-state index in [-0.39, 0.29) is 23.4 Å². The molecule has 1 heterocycles.